The molecule has 0 saturated carbocycles. The first-order chi connectivity index (χ1) is 24.6. The normalized spacial score (nSPS) is 12.3. The number of thioether (sulfide) groups is 1. The number of ether oxygens (including phenoxy) is 2. The zero-order chi connectivity index (χ0) is 38.2. The van der Waals surface area contributed by atoms with Crippen LogP contribution in [-0.4, -0.2) is 84.2 Å². The van der Waals surface area contributed by atoms with Crippen LogP contribution in [0.2, 0.25) is 0 Å². The van der Waals surface area contributed by atoms with Crippen LogP contribution >= 0.6 is 11.8 Å². The SMILES string of the molecule is CC#CCOc1ccc(CC(NC=O)C(=O)OC)cc1.CCCCCCCC(=O)CCCCCC/C=C/CC(O)(CC(=O)NCCSC)C(=O)O. The predicted molar refractivity (Wildman–Crippen MR) is 203 cm³/mol. The van der Waals surface area contributed by atoms with Crippen molar-refractivity contribution in [2.45, 2.75) is 122 Å². The van der Waals surface area contributed by atoms with Crippen LogP contribution in [0.25, 0.3) is 0 Å². The molecule has 2 amide bonds. The average molecular weight is 733 g/mol. The van der Waals surface area contributed by atoms with Crippen LogP contribution in [0.1, 0.15) is 109 Å². The van der Waals surface area contributed by atoms with Crippen LogP contribution in [0.15, 0.2) is 36.4 Å². The summed E-state index contributed by atoms with van der Waals surface area (Å²) >= 11 is 1.58. The largest absolute Gasteiger partial charge is 0.481 e. The van der Waals surface area contributed by atoms with Gasteiger partial charge in [0.2, 0.25) is 12.3 Å². The fourth-order valence-corrected chi connectivity index (χ4v) is 5.13. The highest BCUT2D eigenvalue weighted by molar-refractivity contribution is 7.98. The molecular weight excluding hydrogens is 673 g/mol. The Kier molecular flexibility index (Phi) is 28.6. The quantitative estimate of drug-likeness (QED) is 0.0272. The minimum atomic E-state index is -2.07. The number of ketones is 1. The van der Waals surface area contributed by atoms with E-state index in [1.54, 1.807) is 36.9 Å². The molecule has 1 aromatic carbocycles. The van der Waals surface area contributed by atoms with Crippen molar-refractivity contribution < 1.29 is 43.7 Å². The molecule has 0 bridgehead atoms. The topological polar surface area (TPSA) is 168 Å². The van der Waals surface area contributed by atoms with E-state index < -0.39 is 35.9 Å². The number of hydrogen-bond acceptors (Lipinski definition) is 9. The summed E-state index contributed by atoms with van der Waals surface area (Å²) in [4.78, 5) is 57.0. The van der Waals surface area contributed by atoms with Crippen molar-refractivity contribution >= 4 is 41.8 Å². The second-order valence-corrected chi connectivity index (χ2v) is 13.1. The fraction of sp³-hybridized carbons (Fsp3) is 0.615. The number of unbranched alkanes of at least 4 members (excludes halogenated alkanes) is 8. The number of methoxy groups -OCH3 is 1. The number of amides is 2. The molecular formula is C39H60N2O9S. The van der Waals surface area contributed by atoms with Gasteiger partial charge in [0.05, 0.1) is 13.5 Å². The second kappa shape index (κ2) is 31.0. The van der Waals surface area contributed by atoms with Gasteiger partial charge in [-0.2, -0.15) is 11.8 Å². The fourth-order valence-electron chi connectivity index (χ4n) is 4.82. The van der Waals surface area contributed by atoms with Crippen molar-refractivity contribution in [1.29, 1.82) is 0 Å². The lowest BCUT2D eigenvalue weighted by atomic mass is 9.94. The number of carbonyl (C=O) groups excluding carboxylic acids is 4. The standard InChI is InChI=1S/C24H43NO5S.C15H17NO4/c1-3-4-5-9-12-15-21(26)16-13-10-7-6-8-11-14-17-24(30,23(28)29)20-22(27)25-18-19-31-2;1-3-4-9-20-13-7-5-12(6-8-13)10-14(16-11-17)15(18)19-2/h11,14,30H,3-10,12-13,15-20H2,1-2H3,(H,25,27)(H,28,29);5-8,11,14H,9-10H2,1-2H3,(H,16,17)/b14-11+;. The zero-order valence-electron chi connectivity index (χ0n) is 31.0. The summed E-state index contributed by atoms with van der Waals surface area (Å²) in [5.74, 6) is 5.05. The van der Waals surface area contributed by atoms with Crippen molar-refractivity contribution in [3.8, 4) is 17.6 Å². The van der Waals surface area contributed by atoms with Crippen molar-refractivity contribution in [2.75, 3.05) is 32.3 Å². The Morgan fingerprint density at radius 1 is 0.980 bits per heavy atom. The smallest absolute Gasteiger partial charge is 0.336 e. The number of aliphatic carboxylic acids is 1. The van der Waals surface area contributed by atoms with Gasteiger partial charge in [-0.3, -0.25) is 14.4 Å². The third kappa shape index (κ3) is 24.9. The van der Waals surface area contributed by atoms with Gasteiger partial charge in [-0.15, -0.1) is 5.92 Å². The number of allylic oxidation sites excluding steroid dienone is 1. The number of Topliss-reactive ketones (excluding diaryl/α,β-unsaturated/α-hetero) is 1. The number of carbonyl (C=O) groups is 5. The summed E-state index contributed by atoms with van der Waals surface area (Å²) in [5, 5.41) is 24.6. The van der Waals surface area contributed by atoms with Crippen molar-refractivity contribution in [3.63, 3.8) is 0 Å². The van der Waals surface area contributed by atoms with Crippen LogP contribution in [-0.2, 0) is 35.1 Å². The average Bonchev–Trinajstić information content (AvgIpc) is 3.11. The van der Waals surface area contributed by atoms with Crippen LogP contribution in [0.3, 0.4) is 0 Å². The molecule has 11 nitrogen and oxygen atoms in total. The van der Waals surface area contributed by atoms with E-state index in [2.05, 4.69) is 34.1 Å². The maximum Gasteiger partial charge on any atom is 0.336 e. The molecule has 0 radical (unpaired) electrons. The molecule has 0 fully saturated rings. The van der Waals surface area contributed by atoms with Gasteiger partial charge in [0.15, 0.2) is 5.60 Å². The van der Waals surface area contributed by atoms with Crippen molar-refractivity contribution in [2.24, 2.45) is 0 Å². The van der Waals surface area contributed by atoms with Gasteiger partial charge in [-0.1, -0.05) is 75.7 Å². The van der Waals surface area contributed by atoms with Gasteiger partial charge >= 0.3 is 11.9 Å². The third-order valence-corrected chi connectivity index (χ3v) is 8.46. The number of benzene rings is 1. The lowest BCUT2D eigenvalue weighted by molar-refractivity contribution is -0.161. The van der Waals surface area contributed by atoms with Gasteiger partial charge in [0.25, 0.3) is 0 Å². The molecule has 0 aliphatic carbocycles. The maximum atomic E-state index is 11.8. The molecule has 1 rings (SSSR count). The van der Waals surface area contributed by atoms with Gasteiger partial charge < -0.3 is 30.3 Å². The number of aliphatic hydroxyl groups is 1. The van der Waals surface area contributed by atoms with E-state index in [0.717, 1.165) is 56.3 Å². The summed E-state index contributed by atoms with van der Waals surface area (Å²) in [6.07, 6.45) is 17.7. The number of carboxylic acids is 1. The third-order valence-electron chi connectivity index (χ3n) is 7.84. The molecule has 2 unspecified atom stereocenters. The molecule has 51 heavy (non-hydrogen) atoms. The lowest BCUT2D eigenvalue weighted by Gasteiger charge is -2.21. The Balaban J connectivity index is 0.00000107. The van der Waals surface area contributed by atoms with Crippen molar-refractivity contribution in [1.82, 2.24) is 10.6 Å². The molecule has 12 heteroatoms. The maximum absolute atomic E-state index is 11.8. The molecule has 0 aliphatic rings. The summed E-state index contributed by atoms with van der Waals surface area (Å²) in [6, 6.07) is 6.56. The summed E-state index contributed by atoms with van der Waals surface area (Å²) < 4.78 is 10.0. The Labute approximate surface area is 309 Å². The minimum Gasteiger partial charge on any atom is -0.481 e. The summed E-state index contributed by atoms with van der Waals surface area (Å²) in [7, 11) is 1.29. The highest BCUT2D eigenvalue weighted by atomic mass is 32.2. The van der Waals surface area contributed by atoms with Gasteiger partial charge in [0.1, 0.15) is 24.2 Å². The molecule has 2 atom stereocenters. The monoisotopic (exact) mass is 732 g/mol. The van der Waals surface area contributed by atoms with E-state index in [4.69, 9.17) is 4.74 Å². The second-order valence-electron chi connectivity index (χ2n) is 12.1. The molecule has 1 aromatic rings. The van der Waals surface area contributed by atoms with E-state index in [1.165, 1.54) is 26.4 Å². The first-order valence-corrected chi connectivity index (χ1v) is 19.2. The molecule has 0 aromatic heterocycles. The van der Waals surface area contributed by atoms with Gasteiger partial charge in [0, 0.05) is 38.0 Å². The van der Waals surface area contributed by atoms with Crippen LogP contribution in [0.4, 0.5) is 0 Å². The Morgan fingerprint density at radius 3 is 2.20 bits per heavy atom. The van der Waals surface area contributed by atoms with Gasteiger partial charge in [-0.05, 0) is 56.6 Å². The van der Waals surface area contributed by atoms with Crippen molar-refractivity contribution in [3.05, 3.63) is 42.0 Å². The first-order valence-electron chi connectivity index (χ1n) is 17.8. The molecule has 0 heterocycles. The molecule has 0 aliphatic heterocycles. The predicted octanol–water partition coefficient (Wildman–Crippen LogP) is 5.81. The van der Waals surface area contributed by atoms with E-state index in [9.17, 15) is 34.2 Å². The van der Waals surface area contributed by atoms with Crippen LogP contribution < -0.4 is 15.4 Å². The number of rotatable bonds is 28. The number of hydrogen-bond donors (Lipinski definition) is 4. The van der Waals surface area contributed by atoms with E-state index in [0.29, 0.717) is 50.4 Å². The van der Waals surface area contributed by atoms with E-state index in [1.807, 2.05) is 24.5 Å². The Hall–Kier alpha value is -3.82. The summed E-state index contributed by atoms with van der Waals surface area (Å²) in [5.41, 5.74) is -1.18. The first kappa shape index (κ1) is 47.2. The highest BCUT2D eigenvalue weighted by Crippen LogP contribution is 2.18. The van der Waals surface area contributed by atoms with Gasteiger partial charge in [-0.25, -0.2) is 9.59 Å². The lowest BCUT2D eigenvalue weighted by Crippen LogP contribution is -2.43. The molecule has 0 saturated heterocycles. The number of carboxylic acid groups (broad SMARTS) is 1. The highest BCUT2D eigenvalue weighted by Gasteiger charge is 2.37. The van der Waals surface area contributed by atoms with Crippen LogP contribution in [0, 0.1) is 11.8 Å². The van der Waals surface area contributed by atoms with Crippen LogP contribution in [0.5, 0.6) is 5.75 Å². The zero-order valence-corrected chi connectivity index (χ0v) is 31.8. The van der Waals surface area contributed by atoms with E-state index >= 15 is 0 Å². The number of nitrogens with one attached hydrogen (secondary N) is 2. The molecule has 286 valence electrons. The minimum absolute atomic E-state index is 0.0922. The summed E-state index contributed by atoms with van der Waals surface area (Å²) in [6.45, 7) is 4.73. The Bertz CT molecular complexity index is 1230. The number of esters is 1. The Morgan fingerprint density at radius 2 is 1.63 bits per heavy atom. The van der Waals surface area contributed by atoms with E-state index in [-0.39, 0.29) is 6.42 Å². The molecule has 4 N–H and O–H groups in total. The molecule has 0 spiro atoms.